The molecule has 1 aliphatic rings. The molecule has 5 rings (SSSR count). The molecular formula is C22H23ClN6O5. The lowest BCUT2D eigenvalue weighted by Gasteiger charge is -2.10. The lowest BCUT2D eigenvalue weighted by Crippen LogP contribution is -2.40. The highest BCUT2D eigenvalue weighted by molar-refractivity contribution is 6.28. The van der Waals surface area contributed by atoms with Crippen LogP contribution in [0.5, 0.6) is 11.5 Å². The van der Waals surface area contributed by atoms with Crippen molar-refractivity contribution in [1.82, 2.24) is 29.2 Å². The van der Waals surface area contributed by atoms with E-state index in [1.165, 1.54) is 9.13 Å². The standard InChI is InChI=1S/C22H23ClN6O5/c1-2-3-8-28-19-18(25-21(23)26-19)20(30)29(22(28)31)9-4-5-16-24-17(34-27-16)11-13-6-7-14-15(10-13)33-12-32-14/h6-7,10H,2-5,8-9,11-12H2,1H3,(H,25,26). The molecule has 0 spiro atoms. The van der Waals surface area contributed by atoms with Crippen LogP contribution in [-0.4, -0.2) is 36.0 Å². The van der Waals surface area contributed by atoms with Crippen LogP contribution < -0.4 is 20.7 Å². The Labute approximate surface area is 198 Å². The van der Waals surface area contributed by atoms with Gasteiger partial charge in [0.2, 0.25) is 18.0 Å². The van der Waals surface area contributed by atoms with Crippen molar-refractivity contribution in [1.29, 1.82) is 0 Å². The molecule has 1 aromatic carbocycles. The summed E-state index contributed by atoms with van der Waals surface area (Å²) >= 11 is 5.97. The SMILES string of the molecule is CCCCn1c(=O)n(CCCc2noc(Cc3ccc4c(c3)OCO4)n2)c(=O)c2[nH]c(Cl)nc21. The maximum absolute atomic E-state index is 13.0. The third kappa shape index (κ3) is 4.30. The van der Waals surface area contributed by atoms with Crippen molar-refractivity contribution in [2.45, 2.75) is 52.1 Å². The van der Waals surface area contributed by atoms with Crippen molar-refractivity contribution in [3.05, 3.63) is 61.6 Å². The van der Waals surface area contributed by atoms with Gasteiger partial charge in [-0.2, -0.15) is 9.97 Å². The van der Waals surface area contributed by atoms with E-state index in [9.17, 15) is 9.59 Å². The van der Waals surface area contributed by atoms with E-state index < -0.39 is 11.2 Å². The number of H-pyrrole nitrogens is 1. The molecule has 34 heavy (non-hydrogen) atoms. The van der Waals surface area contributed by atoms with Crippen molar-refractivity contribution >= 4 is 22.8 Å². The summed E-state index contributed by atoms with van der Waals surface area (Å²) in [6, 6.07) is 5.66. The minimum atomic E-state index is -0.441. The van der Waals surface area contributed by atoms with Crippen molar-refractivity contribution < 1.29 is 14.0 Å². The number of unbranched alkanes of at least 4 members (excludes halogenated alkanes) is 1. The summed E-state index contributed by atoms with van der Waals surface area (Å²) in [5.74, 6) is 2.40. The molecule has 0 aliphatic carbocycles. The van der Waals surface area contributed by atoms with E-state index in [1.807, 2.05) is 25.1 Å². The van der Waals surface area contributed by atoms with Crippen LogP contribution in [0.25, 0.3) is 11.2 Å². The molecule has 0 radical (unpaired) electrons. The Hall–Kier alpha value is -3.60. The van der Waals surface area contributed by atoms with Gasteiger partial charge in [0.1, 0.15) is 0 Å². The Bertz CT molecular complexity index is 1450. The molecule has 0 unspecified atom stereocenters. The lowest BCUT2D eigenvalue weighted by molar-refractivity contribution is 0.174. The summed E-state index contributed by atoms with van der Waals surface area (Å²) in [4.78, 5) is 37.2. The number of aromatic nitrogens is 6. The van der Waals surface area contributed by atoms with Gasteiger partial charge in [0.25, 0.3) is 5.56 Å². The van der Waals surface area contributed by atoms with Gasteiger partial charge < -0.3 is 19.0 Å². The van der Waals surface area contributed by atoms with Gasteiger partial charge in [0, 0.05) is 19.5 Å². The van der Waals surface area contributed by atoms with Crippen LogP contribution in [0.15, 0.2) is 32.3 Å². The molecule has 4 heterocycles. The predicted molar refractivity (Wildman–Crippen MR) is 123 cm³/mol. The number of aromatic amines is 1. The van der Waals surface area contributed by atoms with Crippen LogP contribution in [0.3, 0.4) is 0 Å². The second kappa shape index (κ2) is 9.34. The van der Waals surface area contributed by atoms with Crippen molar-refractivity contribution in [2.75, 3.05) is 6.79 Å². The maximum Gasteiger partial charge on any atom is 0.332 e. The first kappa shape index (κ1) is 22.2. The average Bonchev–Trinajstić information content (AvgIpc) is 3.56. The molecule has 3 aromatic heterocycles. The van der Waals surface area contributed by atoms with Gasteiger partial charge >= 0.3 is 5.69 Å². The number of ether oxygens (including phenoxy) is 2. The van der Waals surface area contributed by atoms with Crippen molar-refractivity contribution in [3.8, 4) is 11.5 Å². The number of imidazole rings is 1. The molecular weight excluding hydrogens is 464 g/mol. The third-order valence-corrected chi connectivity index (χ3v) is 5.83. The van der Waals surface area contributed by atoms with E-state index in [4.69, 9.17) is 25.6 Å². The second-order valence-corrected chi connectivity index (χ2v) is 8.40. The molecule has 0 saturated carbocycles. The Balaban J connectivity index is 1.28. The predicted octanol–water partition coefficient (Wildman–Crippen LogP) is 2.68. The van der Waals surface area contributed by atoms with E-state index in [0.717, 1.165) is 24.2 Å². The van der Waals surface area contributed by atoms with E-state index in [2.05, 4.69) is 20.1 Å². The fourth-order valence-corrected chi connectivity index (χ4v) is 4.11. The number of hydrogen-bond acceptors (Lipinski definition) is 8. The van der Waals surface area contributed by atoms with Crippen LogP contribution in [0.2, 0.25) is 5.28 Å². The second-order valence-electron chi connectivity index (χ2n) is 8.04. The number of fused-ring (bicyclic) bond motifs is 2. The summed E-state index contributed by atoms with van der Waals surface area (Å²) in [6.07, 6.45) is 3.08. The molecule has 0 atom stereocenters. The maximum atomic E-state index is 13.0. The fourth-order valence-electron chi connectivity index (χ4n) is 3.94. The number of nitrogens with one attached hydrogen (secondary N) is 1. The Morgan fingerprint density at radius 3 is 2.76 bits per heavy atom. The quantitative estimate of drug-likeness (QED) is 0.357. The number of rotatable bonds is 9. The Morgan fingerprint density at radius 1 is 1.09 bits per heavy atom. The molecule has 0 fully saturated rings. The van der Waals surface area contributed by atoms with Crippen LogP contribution in [0.1, 0.15) is 43.5 Å². The number of benzene rings is 1. The minimum absolute atomic E-state index is 0.0799. The highest BCUT2D eigenvalue weighted by atomic mass is 35.5. The minimum Gasteiger partial charge on any atom is -0.454 e. The van der Waals surface area contributed by atoms with E-state index in [1.54, 1.807) is 0 Å². The molecule has 0 saturated heterocycles. The highest BCUT2D eigenvalue weighted by Gasteiger charge is 2.18. The first-order chi connectivity index (χ1) is 16.5. The zero-order chi connectivity index (χ0) is 23.7. The van der Waals surface area contributed by atoms with Gasteiger partial charge in [0.15, 0.2) is 28.5 Å². The third-order valence-electron chi connectivity index (χ3n) is 5.65. The van der Waals surface area contributed by atoms with Crippen LogP contribution in [-0.2, 0) is 25.9 Å². The van der Waals surface area contributed by atoms with Gasteiger partial charge in [-0.05, 0) is 42.1 Å². The van der Waals surface area contributed by atoms with Gasteiger partial charge in [-0.1, -0.05) is 24.6 Å². The summed E-state index contributed by atoms with van der Waals surface area (Å²) in [6.45, 7) is 2.92. The van der Waals surface area contributed by atoms with E-state index in [-0.39, 0.29) is 29.8 Å². The lowest BCUT2D eigenvalue weighted by atomic mass is 10.1. The molecule has 0 amide bonds. The smallest absolute Gasteiger partial charge is 0.332 e. The van der Waals surface area contributed by atoms with Gasteiger partial charge in [-0.15, -0.1) is 0 Å². The number of hydrogen-bond donors (Lipinski definition) is 1. The Morgan fingerprint density at radius 2 is 1.91 bits per heavy atom. The summed E-state index contributed by atoms with van der Waals surface area (Å²) in [7, 11) is 0. The number of nitrogens with zero attached hydrogens (tertiary/aromatic N) is 5. The largest absolute Gasteiger partial charge is 0.454 e. The first-order valence-corrected chi connectivity index (χ1v) is 11.5. The monoisotopic (exact) mass is 486 g/mol. The summed E-state index contributed by atoms with van der Waals surface area (Å²) < 4.78 is 18.8. The molecule has 1 N–H and O–H groups in total. The molecule has 178 valence electrons. The van der Waals surface area contributed by atoms with Crippen molar-refractivity contribution in [2.24, 2.45) is 0 Å². The van der Waals surface area contributed by atoms with Gasteiger partial charge in [-0.25, -0.2) is 4.79 Å². The summed E-state index contributed by atoms with van der Waals surface area (Å²) in [5.41, 5.74) is 0.641. The van der Waals surface area contributed by atoms with Crippen LogP contribution in [0.4, 0.5) is 0 Å². The normalized spacial score (nSPS) is 12.6. The topological polar surface area (TPSA) is 130 Å². The summed E-state index contributed by atoms with van der Waals surface area (Å²) in [5, 5.41) is 4.11. The number of aryl methyl sites for hydroxylation is 2. The van der Waals surface area contributed by atoms with Gasteiger partial charge in [-0.3, -0.25) is 13.9 Å². The molecule has 4 aromatic rings. The Kier molecular flexibility index (Phi) is 6.10. The average molecular weight is 487 g/mol. The zero-order valence-corrected chi connectivity index (χ0v) is 19.3. The van der Waals surface area contributed by atoms with Gasteiger partial charge in [0.05, 0.1) is 6.42 Å². The van der Waals surface area contributed by atoms with Crippen LogP contribution >= 0.6 is 11.6 Å². The number of halogens is 1. The van der Waals surface area contributed by atoms with E-state index >= 15 is 0 Å². The zero-order valence-electron chi connectivity index (χ0n) is 18.5. The molecule has 1 aliphatic heterocycles. The van der Waals surface area contributed by atoms with Crippen LogP contribution in [0, 0.1) is 0 Å². The van der Waals surface area contributed by atoms with E-state index in [0.29, 0.717) is 43.3 Å². The first-order valence-electron chi connectivity index (χ1n) is 11.1. The fraction of sp³-hybridized carbons (Fsp3) is 0.409. The van der Waals surface area contributed by atoms with Crippen molar-refractivity contribution in [3.63, 3.8) is 0 Å². The molecule has 0 bridgehead atoms. The molecule has 11 nitrogen and oxygen atoms in total. The molecule has 12 heteroatoms. The highest BCUT2D eigenvalue weighted by Crippen LogP contribution is 2.33.